The van der Waals surface area contributed by atoms with Gasteiger partial charge in [0.25, 0.3) is 0 Å². The molecule has 2 aliphatic heterocycles. The van der Waals surface area contributed by atoms with Gasteiger partial charge in [0.1, 0.15) is 11.5 Å². The van der Waals surface area contributed by atoms with E-state index >= 15 is 0 Å². The van der Waals surface area contributed by atoms with Crippen molar-refractivity contribution in [2.45, 2.75) is 50.9 Å². The number of para-hydroxylation sites is 1. The molecule has 2 aliphatic rings. The number of urea groups is 1. The zero-order valence-electron chi connectivity index (χ0n) is 25.9. The van der Waals surface area contributed by atoms with Gasteiger partial charge >= 0.3 is 6.03 Å². The van der Waals surface area contributed by atoms with Crippen LogP contribution in [0.25, 0.3) is 0 Å². The fourth-order valence-corrected chi connectivity index (χ4v) is 6.15. The van der Waals surface area contributed by atoms with Gasteiger partial charge in [-0.05, 0) is 79.0 Å². The van der Waals surface area contributed by atoms with Crippen molar-refractivity contribution in [2.75, 3.05) is 30.3 Å². The summed E-state index contributed by atoms with van der Waals surface area (Å²) in [6, 6.07) is 31.8. The third kappa shape index (κ3) is 7.75. The van der Waals surface area contributed by atoms with E-state index in [4.69, 9.17) is 14.2 Å². The molecule has 9 nitrogen and oxygen atoms in total. The number of benzene rings is 4. The first-order valence-electron chi connectivity index (χ1n) is 15.9. The largest absolute Gasteiger partial charge is 0.457 e. The average molecular weight is 624 g/mol. The van der Waals surface area contributed by atoms with Crippen LogP contribution in [0.15, 0.2) is 103 Å². The zero-order valence-corrected chi connectivity index (χ0v) is 25.9. The third-order valence-corrected chi connectivity index (χ3v) is 8.78. The highest BCUT2D eigenvalue weighted by molar-refractivity contribution is 5.99. The summed E-state index contributed by atoms with van der Waals surface area (Å²) in [7, 11) is 0. The van der Waals surface area contributed by atoms with Gasteiger partial charge in [0.05, 0.1) is 25.4 Å². The second-order valence-corrected chi connectivity index (χ2v) is 11.9. The highest BCUT2D eigenvalue weighted by atomic mass is 16.7. The highest BCUT2D eigenvalue weighted by Crippen LogP contribution is 2.42. The Kier molecular flexibility index (Phi) is 10.3. The Hall–Kier alpha value is -4.25. The maximum Gasteiger partial charge on any atom is 0.323 e. The van der Waals surface area contributed by atoms with Crippen molar-refractivity contribution < 1.29 is 29.2 Å². The summed E-state index contributed by atoms with van der Waals surface area (Å²) in [6.07, 6.45) is 1.09. The fourth-order valence-electron chi connectivity index (χ4n) is 6.15. The van der Waals surface area contributed by atoms with E-state index in [0.717, 1.165) is 41.8 Å². The van der Waals surface area contributed by atoms with Crippen LogP contribution < -0.4 is 15.4 Å². The van der Waals surface area contributed by atoms with Gasteiger partial charge in [-0.25, -0.2) is 4.79 Å². The third-order valence-electron chi connectivity index (χ3n) is 8.78. The zero-order chi connectivity index (χ0) is 31.9. The lowest BCUT2D eigenvalue weighted by atomic mass is 9.90. The number of hydrogen-bond donors (Lipinski definition) is 4. The average Bonchev–Trinajstić information content (AvgIpc) is 3.54. The summed E-state index contributed by atoms with van der Waals surface area (Å²) in [5.74, 6) is 1.47. The van der Waals surface area contributed by atoms with E-state index in [1.54, 1.807) is 24.3 Å². The number of hydrogen-bond acceptors (Lipinski definition) is 7. The minimum atomic E-state index is -0.613. The molecule has 0 spiro atoms. The van der Waals surface area contributed by atoms with Gasteiger partial charge in [-0.2, -0.15) is 0 Å². The number of aliphatic hydroxyl groups is 2. The van der Waals surface area contributed by atoms with Gasteiger partial charge in [0.15, 0.2) is 6.29 Å². The number of likely N-dealkylation sites (tertiary alicyclic amines) is 1. The predicted molar refractivity (Wildman–Crippen MR) is 177 cm³/mol. The molecule has 0 aromatic heterocycles. The molecular formula is C37H41N3O6. The summed E-state index contributed by atoms with van der Waals surface area (Å²) < 4.78 is 19.0. The quantitative estimate of drug-likeness (QED) is 0.153. The predicted octanol–water partition coefficient (Wildman–Crippen LogP) is 6.86. The highest BCUT2D eigenvalue weighted by Gasteiger charge is 2.40. The van der Waals surface area contributed by atoms with Gasteiger partial charge in [-0.1, -0.05) is 61.5 Å². The number of rotatable bonds is 10. The minimum absolute atomic E-state index is 0.0123. The first-order valence-corrected chi connectivity index (χ1v) is 15.9. The van der Waals surface area contributed by atoms with Gasteiger partial charge in [0.2, 0.25) is 0 Å². The minimum Gasteiger partial charge on any atom is -0.457 e. The number of nitrogens with zero attached hydrogens (tertiary/aromatic N) is 1. The van der Waals surface area contributed by atoms with E-state index in [1.807, 2.05) is 78.9 Å². The Morgan fingerprint density at radius 1 is 0.826 bits per heavy atom. The smallest absolute Gasteiger partial charge is 0.323 e. The SMILES string of the molecule is CC1C(CN2CCCC2CO)OC(c2ccc(NC(=O)Nc3ccc(Oc4ccccc4)cc3)cc2)OC1c1ccc(CO)cc1. The maximum absolute atomic E-state index is 12.7. The lowest BCUT2D eigenvalue weighted by Crippen LogP contribution is -2.46. The molecule has 46 heavy (non-hydrogen) atoms. The van der Waals surface area contributed by atoms with Crippen molar-refractivity contribution in [3.63, 3.8) is 0 Å². The van der Waals surface area contributed by atoms with Gasteiger partial charge in [-0.3, -0.25) is 4.90 Å². The van der Waals surface area contributed by atoms with Gasteiger partial charge < -0.3 is 35.1 Å². The molecule has 4 aromatic rings. The fraction of sp³-hybridized carbons (Fsp3) is 0.324. The number of amides is 2. The molecule has 4 aromatic carbocycles. The maximum atomic E-state index is 12.7. The van der Waals surface area contributed by atoms with Crippen LogP contribution in [0.3, 0.4) is 0 Å². The van der Waals surface area contributed by atoms with E-state index in [-0.39, 0.29) is 43.4 Å². The standard InChI is InChI=1S/C37H41N3O6/c1-25-34(22-40-21-5-6-31(40)24-42)45-36(46-35(25)27-11-9-26(23-41)10-12-27)28-13-15-29(16-14-28)38-37(43)39-30-17-19-33(20-18-30)44-32-7-3-2-4-8-32/h2-4,7-20,25,31,34-36,41-42H,5-6,21-24H2,1H3,(H2,38,39,43). The molecule has 9 heteroatoms. The summed E-state index contributed by atoms with van der Waals surface area (Å²) >= 11 is 0. The number of carbonyl (C=O) groups is 1. The number of aliphatic hydroxyl groups excluding tert-OH is 2. The second-order valence-electron chi connectivity index (χ2n) is 11.9. The van der Waals surface area contributed by atoms with Crippen LogP contribution in [0.4, 0.5) is 16.2 Å². The normalized spacial score (nSPS) is 23.2. The van der Waals surface area contributed by atoms with Crippen molar-refractivity contribution in [2.24, 2.45) is 5.92 Å². The molecule has 0 bridgehead atoms. The second kappa shape index (κ2) is 14.9. The molecule has 240 valence electrons. The Morgan fingerprint density at radius 2 is 1.46 bits per heavy atom. The van der Waals surface area contributed by atoms with Crippen molar-refractivity contribution in [3.05, 3.63) is 120 Å². The first kappa shape index (κ1) is 31.7. The Morgan fingerprint density at radius 3 is 2.11 bits per heavy atom. The Bertz CT molecular complexity index is 1550. The van der Waals surface area contributed by atoms with Crippen LogP contribution in [0, 0.1) is 5.92 Å². The summed E-state index contributed by atoms with van der Waals surface area (Å²) in [5.41, 5.74) is 3.98. The molecular weight excluding hydrogens is 582 g/mol. The number of anilines is 2. The molecule has 2 heterocycles. The van der Waals surface area contributed by atoms with Crippen molar-refractivity contribution in [1.82, 2.24) is 4.90 Å². The number of nitrogens with one attached hydrogen (secondary N) is 2. The van der Waals surface area contributed by atoms with E-state index in [9.17, 15) is 15.0 Å². The first-order chi connectivity index (χ1) is 22.5. The van der Waals surface area contributed by atoms with Crippen molar-refractivity contribution in [3.8, 4) is 11.5 Å². The van der Waals surface area contributed by atoms with Crippen LogP contribution in [0.2, 0.25) is 0 Å². The van der Waals surface area contributed by atoms with Crippen LogP contribution in [0.1, 0.15) is 48.8 Å². The topological polar surface area (TPSA) is 113 Å². The molecule has 0 radical (unpaired) electrons. The van der Waals surface area contributed by atoms with E-state index in [2.05, 4.69) is 22.5 Å². The molecule has 2 saturated heterocycles. The Labute approximate surface area is 269 Å². The molecule has 5 unspecified atom stereocenters. The van der Waals surface area contributed by atoms with E-state index in [1.165, 1.54) is 0 Å². The molecule has 6 rings (SSSR count). The van der Waals surface area contributed by atoms with Crippen molar-refractivity contribution in [1.29, 1.82) is 0 Å². The van der Waals surface area contributed by atoms with Gasteiger partial charge in [0, 0.05) is 35.4 Å². The Balaban J connectivity index is 1.11. The van der Waals surface area contributed by atoms with Crippen LogP contribution in [0.5, 0.6) is 11.5 Å². The lowest BCUT2D eigenvalue weighted by molar-refractivity contribution is -0.276. The number of carbonyl (C=O) groups excluding carboxylic acids is 1. The monoisotopic (exact) mass is 623 g/mol. The molecule has 0 aliphatic carbocycles. The van der Waals surface area contributed by atoms with Gasteiger partial charge in [-0.15, -0.1) is 0 Å². The molecule has 2 amide bonds. The van der Waals surface area contributed by atoms with E-state index in [0.29, 0.717) is 23.7 Å². The molecule has 0 saturated carbocycles. The summed E-state index contributed by atoms with van der Waals surface area (Å²) in [5, 5.41) is 25.2. The van der Waals surface area contributed by atoms with Crippen LogP contribution >= 0.6 is 0 Å². The molecule has 4 N–H and O–H groups in total. The lowest BCUT2D eigenvalue weighted by Gasteiger charge is -2.43. The summed E-state index contributed by atoms with van der Waals surface area (Å²) in [4.78, 5) is 15.1. The van der Waals surface area contributed by atoms with Crippen molar-refractivity contribution >= 4 is 17.4 Å². The molecule has 2 fully saturated rings. The van der Waals surface area contributed by atoms with Crippen LogP contribution in [-0.2, 0) is 16.1 Å². The van der Waals surface area contributed by atoms with E-state index < -0.39 is 6.29 Å². The summed E-state index contributed by atoms with van der Waals surface area (Å²) in [6.45, 7) is 3.92. The van der Waals surface area contributed by atoms with Crippen LogP contribution in [-0.4, -0.2) is 53.0 Å². The molecule has 5 atom stereocenters. The number of ether oxygens (including phenoxy) is 3.